The molecule has 0 bridgehead atoms. The molecule has 1 amide bonds. The van der Waals surface area contributed by atoms with Crippen molar-refractivity contribution in [2.75, 3.05) is 32.8 Å². The van der Waals surface area contributed by atoms with Crippen molar-refractivity contribution in [1.82, 2.24) is 10.2 Å². The van der Waals surface area contributed by atoms with Gasteiger partial charge in [0.1, 0.15) is 0 Å². The third-order valence-electron chi connectivity index (χ3n) is 3.73. The first kappa shape index (κ1) is 12.8. The van der Waals surface area contributed by atoms with Gasteiger partial charge in [-0.1, -0.05) is 6.92 Å². The zero-order valence-corrected chi connectivity index (χ0v) is 10.9. The van der Waals surface area contributed by atoms with Crippen LogP contribution in [-0.4, -0.2) is 49.7 Å². The average molecular weight is 240 g/mol. The smallest absolute Gasteiger partial charge is 0.229 e. The van der Waals surface area contributed by atoms with E-state index in [0.717, 1.165) is 25.6 Å². The van der Waals surface area contributed by atoms with E-state index in [9.17, 15) is 4.79 Å². The van der Waals surface area contributed by atoms with Gasteiger partial charge >= 0.3 is 0 Å². The van der Waals surface area contributed by atoms with Crippen molar-refractivity contribution in [1.29, 1.82) is 0 Å². The second-order valence-corrected chi connectivity index (χ2v) is 5.13. The van der Waals surface area contributed by atoms with Crippen molar-refractivity contribution in [3.8, 4) is 0 Å². The first-order chi connectivity index (χ1) is 8.26. The predicted molar refractivity (Wildman–Crippen MR) is 66.8 cm³/mol. The maximum Gasteiger partial charge on any atom is 0.229 e. The molecule has 1 aliphatic carbocycles. The molecule has 1 saturated heterocycles. The van der Waals surface area contributed by atoms with Crippen LogP contribution in [0.2, 0.25) is 0 Å². The zero-order valence-electron chi connectivity index (χ0n) is 10.9. The number of likely N-dealkylation sites (N-methyl/N-ethyl adjacent to an activating group) is 1. The van der Waals surface area contributed by atoms with Crippen LogP contribution in [0.15, 0.2) is 0 Å². The van der Waals surface area contributed by atoms with Gasteiger partial charge in [-0.25, -0.2) is 0 Å². The maximum atomic E-state index is 12.4. The molecule has 2 unspecified atom stereocenters. The number of nitrogens with zero attached hydrogens (tertiary/aromatic N) is 1. The standard InChI is InChI=1S/C13H24N2O2/c1-3-14-12-9-17-8-11(12)13(16)15(4-2)7-10-5-6-10/h10-12,14H,3-9H2,1-2H3. The quantitative estimate of drug-likeness (QED) is 0.749. The molecule has 17 heavy (non-hydrogen) atoms. The molecule has 1 saturated carbocycles. The highest BCUT2D eigenvalue weighted by Crippen LogP contribution is 2.30. The van der Waals surface area contributed by atoms with Crippen molar-refractivity contribution in [3.05, 3.63) is 0 Å². The summed E-state index contributed by atoms with van der Waals surface area (Å²) in [6, 6.07) is 0.209. The van der Waals surface area contributed by atoms with Gasteiger partial charge in [0.05, 0.1) is 19.1 Å². The molecule has 0 aromatic carbocycles. The van der Waals surface area contributed by atoms with Crippen molar-refractivity contribution in [2.45, 2.75) is 32.7 Å². The van der Waals surface area contributed by atoms with E-state index in [4.69, 9.17) is 4.74 Å². The second kappa shape index (κ2) is 5.83. The average Bonchev–Trinajstić information content (AvgIpc) is 3.04. The Labute approximate surface area is 104 Å². The molecule has 2 fully saturated rings. The number of hydrogen-bond acceptors (Lipinski definition) is 3. The van der Waals surface area contributed by atoms with Crippen molar-refractivity contribution < 1.29 is 9.53 Å². The molecule has 98 valence electrons. The van der Waals surface area contributed by atoms with Crippen LogP contribution in [0, 0.1) is 11.8 Å². The van der Waals surface area contributed by atoms with E-state index in [2.05, 4.69) is 19.2 Å². The highest BCUT2D eigenvalue weighted by molar-refractivity contribution is 5.80. The first-order valence-corrected chi connectivity index (χ1v) is 6.86. The predicted octanol–water partition coefficient (Wildman–Crippen LogP) is 0.869. The Morgan fingerprint density at radius 3 is 2.71 bits per heavy atom. The van der Waals surface area contributed by atoms with Gasteiger partial charge in [-0.05, 0) is 32.2 Å². The lowest BCUT2D eigenvalue weighted by Gasteiger charge is -2.26. The zero-order chi connectivity index (χ0) is 12.3. The molecule has 0 radical (unpaired) electrons. The summed E-state index contributed by atoms with van der Waals surface area (Å²) in [6.45, 7) is 8.06. The molecule has 0 aromatic rings. The molecule has 2 rings (SSSR count). The molecule has 4 heteroatoms. The third kappa shape index (κ3) is 3.19. The summed E-state index contributed by atoms with van der Waals surface area (Å²) < 4.78 is 5.45. The van der Waals surface area contributed by atoms with E-state index in [1.54, 1.807) is 0 Å². The fourth-order valence-corrected chi connectivity index (χ4v) is 2.48. The lowest BCUT2D eigenvalue weighted by molar-refractivity contribution is -0.136. The van der Waals surface area contributed by atoms with Gasteiger partial charge in [0.25, 0.3) is 0 Å². The molecular formula is C13H24N2O2. The van der Waals surface area contributed by atoms with Crippen LogP contribution < -0.4 is 5.32 Å². The summed E-state index contributed by atoms with van der Waals surface area (Å²) in [5.41, 5.74) is 0. The van der Waals surface area contributed by atoms with Gasteiger partial charge in [0.2, 0.25) is 5.91 Å². The van der Waals surface area contributed by atoms with E-state index >= 15 is 0 Å². The minimum absolute atomic E-state index is 0.0219. The molecule has 2 aliphatic rings. The topological polar surface area (TPSA) is 41.6 Å². The summed E-state index contributed by atoms with van der Waals surface area (Å²) in [6.07, 6.45) is 2.59. The number of rotatable bonds is 6. The Balaban J connectivity index is 1.91. The number of hydrogen-bond donors (Lipinski definition) is 1. The van der Waals surface area contributed by atoms with E-state index in [0.29, 0.717) is 13.2 Å². The Bertz CT molecular complexity index is 266. The van der Waals surface area contributed by atoms with Crippen molar-refractivity contribution in [3.63, 3.8) is 0 Å². The summed E-state index contributed by atoms with van der Waals surface area (Å²) in [7, 11) is 0. The Morgan fingerprint density at radius 2 is 2.12 bits per heavy atom. The number of amides is 1. The minimum atomic E-state index is 0.0219. The monoisotopic (exact) mass is 240 g/mol. The molecule has 1 N–H and O–H groups in total. The Kier molecular flexibility index (Phi) is 4.40. The van der Waals surface area contributed by atoms with Crippen LogP contribution in [-0.2, 0) is 9.53 Å². The van der Waals surface area contributed by atoms with E-state index in [-0.39, 0.29) is 17.9 Å². The van der Waals surface area contributed by atoms with Gasteiger partial charge in [-0.2, -0.15) is 0 Å². The highest BCUT2D eigenvalue weighted by atomic mass is 16.5. The number of nitrogens with one attached hydrogen (secondary N) is 1. The van der Waals surface area contributed by atoms with E-state index in [1.165, 1.54) is 12.8 Å². The van der Waals surface area contributed by atoms with Crippen LogP contribution in [0.3, 0.4) is 0 Å². The Hall–Kier alpha value is -0.610. The van der Waals surface area contributed by atoms with E-state index in [1.807, 2.05) is 4.90 Å². The summed E-state index contributed by atoms with van der Waals surface area (Å²) in [4.78, 5) is 14.4. The van der Waals surface area contributed by atoms with Crippen molar-refractivity contribution in [2.24, 2.45) is 11.8 Å². The van der Waals surface area contributed by atoms with Crippen LogP contribution >= 0.6 is 0 Å². The summed E-state index contributed by atoms with van der Waals surface area (Å²) >= 11 is 0. The fourth-order valence-electron chi connectivity index (χ4n) is 2.48. The normalized spacial score (nSPS) is 28.4. The Morgan fingerprint density at radius 1 is 1.35 bits per heavy atom. The highest BCUT2D eigenvalue weighted by Gasteiger charge is 2.37. The van der Waals surface area contributed by atoms with Crippen LogP contribution in [0.4, 0.5) is 0 Å². The van der Waals surface area contributed by atoms with E-state index < -0.39 is 0 Å². The first-order valence-electron chi connectivity index (χ1n) is 6.86. The molecule has 1 aliphatic heterocycles. The van der Waals surface area contributed by atoms with Gasteiger partial charge in [0, 0.05) is 19.1 Å². The lowest BCUT2D eigenvalue weighted by atomic mass is 10.0. The molecule has 1 heterocycles. The molecule has 0 aromatic heterocycles. The molecule has 2 atom stereocenters. The summed E-state index contributed by atoms with van der Waals surface area (Å²) in [5, 5.41) is 3.35. The number of carbonyl (C=O) groups excluding carboxylic acids is 1. The lowest BCUT2D eigenvalue weighted by Crippen LogP contribution is -2.46. The SMILES string of the molecule is CCNC1COCC1C(=O)N(CC)CC1CC1. The van der Waals surface area contributed by atoms with Gasteiger partial charge in [-0.15, -0.1) is 0 Å². The van der Waals surface area contributed by atoms with Crippen LogP contribution in [0.1, 0.15) is 26.7 Å². The fraction of sp³-hybridized carbons (Fsp3) is 0.923. The summed E-state index contributed by atoms with van der Waals surface area (Å²) in [5.74, 6) is 1.07. The second-order valence-electron chi connectivity index (χ2n) is 5.13. The molecule has 4 nitrogen and oxygen atoms in total. The van der Waals surface area contributed by atoms with Gasteiger partial charge in [-0.3, -0.25) is 4.79 Å². The van der Waals surface area contributed by atoms with Crippen molar-refractivity contribution >= 4 is 5.91 Å². The largest absolute Gasteiger partial charge is 0.379 e. The third-order valence-corrected chi connectivity index (χ3v) is 3.73. The maximum absolute atomic E-state index is 12.4. The van der Waals surface area contributed by atoms with Crippen LogP contribution in [0.25, 0.3) is 0 Å². The minimum Gasteiger partial charge on any atom is -0.379 e. The molecule has 0 spiro atoms. The number of carbonyl (C=O) groups is 1. The molecular weight excluding hydrogens is 216 g/mol. The van der Waals surface area contributed by atoms with Crippen LogP contribution in [0.5, 0.6) is 0 Å². The van der Waals surface area contributed by atoms with Gasteiger partial charge in [0.15, 0.2) is 0 Å². The number of ether oxygens (including phenoxy) is 1. The van der Waals surface area contributed by atoms with Gasteiger partial charge < -0.3 is 15.0 Å².